The van der Waals surface area contributed by atoms with E-state index in [4.69, 9.17) is 5.84 Å². The number of thiophene rings is 1. The monoisotopic (exact) mass is 240 g/mol. The van der Waals surface area contributed by atoms with Gasteiger partial charge >= 0.3 is 0 Å². The van der Waals surface area contributed by atoms with Gasteiger partial charge in [0.25, 0.3) is 0 Å². The smallest absolute Gasteiger partial charge is 0.0556 e. The highest BCUT2D eigenvalue weighted by Crippen LogP contribution is 2.31. The Bertz CT molecular complexity index is 312. The molecule has 0 radical (unpaired) electrons. The minimum atomic E-state index is 0.314. The minimum absolute atomic E-state index is 0.314. The normalized spacial score (nSPS) is 14.1. The number of hydrogen-bond donors (Lipinski definition) is 2. The summed E-state index contributed by atoms with van der Waals surface area (Å²) < 4.78 is 0. The van der Waals surface area contributed by atoms with Gasteiger partial charge in [0.15, 0.2) is 0 Å². The molecule has 0 spiro atoms. The molecule has 0 saturated heterocycles. The summed E-state index contributed by atoms with van der Waals surface area (Å²) in [6, 6.07) is 2.52. The van der Waals surface area contributed by atoms with E-state index < -0.39 is 0 Å². The van der Waals surface area contributed by atoms with Crippen LogP contribution in [0.3, 0.4) is 0 Å². The first kappa shape index (κ1) is 13.7. The fourth-order valence-corrected chi connectivity index (χ4v) is 2.91. The van der Waals surface area contributed by atoms with Crippen LogP contribution in [0, 0.1) is 5.41 Å². The molecule has 1 unspecified atom stereocenters. The topological polar surface area (TPSA) is 38.0 Å². The van der Waals surface area contributed by atoms with E-state index in [1.807, 2.05) is 11.3 Å². The van der Waals surface area contributed by atoms with Gasteiger partial charge in [-0.1, -0.05) is 27.7 Å². The van der Waals surface area contributed by atoms with Crippen molar-refractivity contribution in [2.45, 2.75) is 53.0 Å². The van der Waals surface area contributed by atoms with E-state index in [0.29, 0.717) is 11.5 Å². The van der Waals surface area contributed by atoms with Crippen LogP contribution in [-0.2, 0) is 6.42 Å². The van der Waals surface area contributed by atoms with Gasteiger partial charge in [0.05, 0.1) is 6.04 Å². The van der Waals surface area contributed by atoms with E-state index in [-0.39, 0.29) is 0 Å². The number of nitrogens with two attached hydrogens (primary N) is 1. The second-order valence-electron chi connectivity index (χ2n) is 5.48. The number of rotatable bonds is 5. The number of hydrogen-bond acceptors (Lipinski definition) is 3. The van der Waals surface area contributed by atoms with Gasteiger partial charge in [-0.2, -0.15) is 0 Å². The Balaban J connectivity index is 2.67. The largest absolute Gasteiger partial charge is 0.271 e. The minimum Gasteiger partial charge on any atom is -0.271 e. The van der Waals surface area contributed by atoms with E-state index in [1.54, 1.807) is 0 Å². The number of aryl methyl sites for hydroxylation is 1. The second kappa shape index (κ2) is 5.80. The average molecular weight is 240 g/mol. The molecule has 92 valence electrons. The van der Waals surface area contributed by atoms with Crippen LogP contribution >= 0.6 is 11.3 Å². The molecule has 0 fully saturated rings. The molecule has 0 aliphatic carbocycles. The Morgan fingerprint density at radius 2 is 2.12 bits per heavy atom. The van der Waals surface area contributed by atoms with Gasteiger partial charge in [0.1, 0.15) is 0 Å². The highest BCUT2D eigenvalue weighted by atomic mass is 32.1. The average Bonchev–Trinajstić information content (AvgIpc) is 2.65. The highest BCUT2D eigenvalue weighted by molar-refractivity contribution is 7.10. The van der Waals surface area contributed by atoms with Gasteiger partial charge in [-0.05, 0) is 41.7 Å². The summed E-state index contributed by atoms with van der Waals surface area (Å²) in [6.07, 6.45) is 3.38. The number of nitrogens with one attached hydrogen (secondary N) is 1. The Hall–Kier alpha value is -0.380. The summed E-state index contributed by atoms with van der Waals surface area (Å²) in [6.45, 7) is 9.02. The molecule has 2 nitrogen and oxygen atoms in total. The van der Waals surface area contributed by atoms with Gasteiger partial charge in [0, 0.05) is 4.88 Å². The third kappa shape index (κ3) is 3.89. The van der Waals surface area contributed by atoms with Crippen LogP contribution in [0.5, 0.6) is 0 Å². The first-order valence-electron chi connectivity index (χ1n) is 6.00. The van der Waals surface area contributed by atoms with Crippen molar-refractivity contribution in [1.82, 2.24) is 5.43 Å². The van der Waals surface area contributed by atoms with Crippen LogP contribution in [0.1, 0.15) is 57.0 Å². The molecule has 1 aromatic heterocycles. The summed E-state index contributed by atoms with van der Waals surface area (Å²) in [7, 11) is 0. The molecule has 0 saturated carbocycles. The van der Waals surface area contributed by atoms with E-state index in [2.05, 4.69) is 44.6 Å². The molecule has 0 aliphatic rings. The van der Waals surface area contributed by atoms with E-state index in [1.165, 1.54) is 16.9 Å². The Kier molecular flexibility index (Phi) is 4.96. The van der Waals surface area contributed by atoms with Crippen molar-refractivity contribution in [3.05, 3.63) is 21.9 Å². The first-order chi connectivity index (χ1) is 7.48. The van der Waals surface area contributed by atoms with Gasteiger partial charge in [-0.15, -0.1) is 11.3 Å². The first-order valence-corrected chi connectivity index (χ1v) is 6.88. The lowest BCUT2D eigenvalue weighted by Crippen LogP contribution is -2.28. The second-order valence-corrected chi connectivity index (χ2v) is 6.43. The molecule has 0 aliphatic heterocycles. The molecule has 0 aromatic carbocycles. The fraction of sp³-hybridized carbons (Fsp3) is 0.692. The molecule has 0 bridgehead atoms. The van der Waals surface area contributed by atoms with Crippen molar-refractivity contribution < 1.29 is 0 Å². The maximum atomic E-state index is 5.67. The van der Waals surface area contributed by atoms with E-state index in [0.717, 1.165) is 12.8 Å². The summed E-state index contributed by atoms with van der Waals surface area (Å²) in [5.41, 5.74) is 4.77. The van der Waals surface area contributed by atoms with Crippen LogP contribution in [-0.4, -0.2) is 0 Å². The van der Waals surface area contributed by atoms with Crippen LogP contribution in [0.25, 0.3) is 0 Å². The van der Waals surface area contributed by atoms with Crippen LogP contribution in [0.2, 0.25) is 0 Å². The molecule has 0 amide bonds. The molecule has 1 atom stereocenters. The molecule has 1 rings (SSSR count). The summed E-state index contributed by atoms with van der Waals surface area (Å²) in [5, 5.41) is 2.16. The zero-order valence-electron chi connectivity index (χ0n) is 10.8. The van der Waals surface area contributed by atoms with Crippen LogP contribution in [0.15, 0.2) is 11.4 Å². The fourth-order valence-electron chi connectivity index (χ4n) is 1.81. The van der Waals surface area contributed by atoms with Crippen LogP contribution in [0.4, 0.5) is 0 Å². The van der Waals surface area contributed by atoms with Gasteiger partial charge in [-0.25, -0.2) is 0 Å². The lowest BCUT2D eigenvalue weighted by atomic mass is 9.88. The van der Waals surface area contributed by atoms with E-state index >= 15 is 0 Å². The van der Waals surface area contributed by atoms with Crippen molar-refractivity contribution in [3.63, 3.8) is 0 Å². The zero-order valence-corrected chi connectivity index (χ0v) is 11.7. The third-order valence-corrected chi connectivity index (χ3v) is 3.94. The van der Waals surface area contributed by atoms with Crippen molar-refractivity contribution >= 4 is 11.3 Å². The molecule has 16 heavy (non-hydrogen) atoms. The molecule has 1 aromatic rings. The van der Waals surface area contributed by atoms with E-state index in [9.17, 15) is 0 Å². The number of hydrazine groups is 1. The standard InChI is InChI=1S/C13H24N2S/c1-5-10-7-9-16-12(10)11(15-14)6-8-13(2,3)4/h7,9,11,15H,5-6,8,14H2,1-4H3. The maximum absolute atomic E-state index is 5.67. The lowest BCUT2D eigenvalue weighted by molar-refractivity contribution is 0.334. The molecule has 3 heteroatoms. The highest BCUT2D eigenvalue weighted by Gasteiger charge is 2.18. The Labute approximate surface area is 103 Å². The SMILES string of the molecule is CCc1ccsc1C(CCC(C)(C)C)NN. The quantitative estimate of drug-likeness (QED) is 0.609. The summed E-state index contributed by atoms with van der Waals surface area (Å²) >= 11 is 1.81. The maximum Gasteiger partial charge on any atom is 0.0556 e. The van der Waals surface area contributed by atoms with Crippen molar-refractivity contribution in [3.8, 4) is 0 Å². The Morgan fingerprint density at radius 3 is 2.62 bits per heavy atom. The van der Waals surface area contributed by atoms with Crippen molar-refractivity contribution in [1.29, 1.82) is 0 Å². The van der Waals surface area contributed by atoms with Crippen LogP contribution < -0.4 is 11.3 Å². The van der Waals surface area contributed by atoms with Gasteiger partial charge in [0.2, 0.25) is 0 Å². The molecule has 1 heterocycles. The molecular formula is C13H24N2S. The third-order valence-electron chi connectivity index (χ3n) is 2.86. The van der Waals surface area contributed by atoms with Gasteiger partial charge in [-0.3, -0.25) is 11.3 Å². The van der Waals surface area contributed by atoms with Crippen molar-refractivity contribution in [2.24, 2.45) is 11.3 Å². The zero-order chi connectivity index (χ0) is 12.2. The molecule has 3 N–H and O–H groups in total. The Morgan fingerprint density at radius 1 is 1.44 bits per heavy atom. The predicted molar refractivity (Wildman–Crippen MR) is 72.5 cm³/mol. The summed E-state index contributed by atoms with van der Waals surface area (Å²) in [5.74, 6) is 5.67. The summed E-state index contributed by atoms with van der Waals surface area (Å²) in [4.78, 5) is 1.41. The lowest BCUT2D eigenvalue weighted by Gasteiger charge is -2.22. The predicted octanol–water partition coefficient (Wildman–Crippen LogP) is 3.64. The van der Waals surface area contributed by atoms with Gasteiger partial charge < -0.3 is 0 Å². The molecular weight excluding hydrogens is 216 g/mol. The van der Waals surface area contributed by atoms with Crippen molar-refractivity contribution in [2.75, 3.05) is 0 Å².